The molecular formula is C19H24ClN3OS. The van der Waals surface area contributed by atoms with E-state index in [0.717, 1.165) is 66.2 Å². The summed E-state index contributed by atoms with van der Waals surface area (Å²) in [5, 5.41) is 1.81. The Kier molecular flexibility index (Phi) is 6.10. The molecule has 1 aliphatic rings. The van der Waals surface area contributed by atoms with Crippen LogP contribution < -0.4 is 0 Å². The first kappa shape index (κ1) is 18.4. The van der Waals surface area contributed by atoms with Gasteiger partial charge in [-0.3, -0.25) is 9.69 Å². The van der Waals surface area contributed by atoms with Crippen LogP contribution in [0.15, 0.2) is 24.3 Å². The van der Waals surface area contributed by atoms with Crippen molar-refractivity contribution >= 4 is 28.8 Å². The summed E-state index contributed by atoms with van der Waals surface area (Å²) in [6.45, 7) is 8.40. The molecule has 0 bridgehead atoms. The number of halogens is 1. The topological polar surface area (TPSA) is 36.4 Å². The van der Waals surface area contributed by atoms with Crippen molar-refractivity contribution in [3.63, 3.8) is 0 Å². The Morgan fingerprint density at radius 2 is 1.96 bits per heavy atom. The Morgan fingerprint density at radius 3 is 2.64 bits per heavy atom. The van der Waals surface area contributed by atoms with E-state index in [2.05, 4.69) is 28.9 Å². The van der Waals surface area contributed by atoms with Crippen molar-refractivity contribution in [2.45, 2.75) is 33.2 Å². The van der Waals surface area contributed by atoms with E-state index >= 15 is 0 Å². The minimum Gasteiger partial charge on any atom is -0.337 e. The van der Waals surface area contributed by atoms with E-state index in [9.17, 15) is 4.79 Å². The molecule has 1 amide bonds. The van der Waals surface area contributed by atoms with E-state index in [1.54, 1.807) is 11.3 Å². The van der Waals surface area contributed by atoms with E-state index in [0.29, 0.717) is 0 Å². The van der Waals surface area contributed by atoms with Crippen LogP contribution in [-0.4, -0.2) is 46.9 Å². The van der Waals surface area contributed by atoms with Gasteiger partial charge in [-0.1, -0.05) is 30.7 Å². The van der Waals surface area contributed by atoms with Crippen LogP contribution in [0.1, 0.15) is 39.3 Å². The predicted octanol–water partition coefficient (Wildman–Crippen LogP) is 4.02. The maximum Gasteiger partial charge on any atom is 0.265 e. The molecule has 0 radical (unpaired) electrons. The number of rotatable bonds is 4. The van der Waals surface area contributed by atoms with Crippen molar-refractivity contribution < 1.29 is 4.79 Å². The Bertz CT molecular complexity index is 729. The zero-order valence-corrected chi connectivity index (χ0v) is 16.4. The van der Waals surface area contributed by atoms with Crippen molar-refractivity contribution in [1.82, 2.24) is 14.8 Å². The molecule has 2 aromatic rings. The molecule has 2 heterocycles. The number of hydrogen-bond acceptors (Lipinski definition) is 4. The summed E-state index contributed by atoms with van der Waals surface area (Å²) in [5.74, 6) is 0.142. The van der Waals surface area contributed by atoms with Crippen molar-refractivity contribution in [3.8, 4) is 0 Å². The third kappa shape index (κ3) is 4.60. The summed E-state index contributed by atoms with van der Waals surface area (Å²) >= 11 is 7.50. The van der Waals surface area contributed by atoms with Crippen LogP contribution in [-0.2, 0) is 13.0 Å². The van der Waals surface area contributed by atoms with Crippen LogP contribution in [0, 0.1) is 6.92 Å². The Labute approximate surface area is 158 Å². The van der Waals surface area contributed by atoms with E-state index in [1.165, 1.54) is 5.56 Å². The average Bonchev–Trinajstić information content (AvgIpc) is 2.84. The Balaban J connectivity index is 1.61. The molecule has 0 unspecified atom stereocenters. The smallest absolute Gasteiger partial charge is 0.265 e. The standard InChI is InChI=1S/C19H24ClN3OS/c1-3-17-21-14(2)18(25-17)19(24)23-10-4-9-22(11-12-23)13-15-5-7-16(20)8-6-15/h5-8H,3-4,9-13H2,1-2H3. The molecule has 6 heteroatoms. The lowest BCUT2D eigenvalue weighted by Crippen LogP contribution is -2.35. The Hall–Kier alpha value is -1.43. The number of nitrogens with zero attached hydrogens (tertiary/aromatic N) is 3. The molecule has 25 heavy (non-hydrogen) atoms. The van der Waals surface area contributed by atoms with Crippen molar-refractivity contribution in [2.75, 3.05) is 26.2 Å². The van der Waals surface area contributed by atoms with Gasteiger partial charge in [-0.2, -0.15) is 0 Å². The zero-order chi connectivity index (χ0) is 17.8. The van der Waals surface area contributed by atoms with Gasteiger partial charge in [0.2, 0.25) is 0 Å². The summed E-state index contributed by atoms with van der Waals surface area (Å²) < 4.78 is 0. The number of hydrogen-bond donors (Lipinski definition) is 0. The number of thiazole rings is 1. The van der Waals surface area contributed by atoms with Gasteiger partial charge in [-0.15, -0.1) is 11.3 Å². The first-order valence-corrected chi connectivity index (χ1v) is 9.98. The van der Waals surface area contributed by atoms with E-state index < -0.39 is 0 Å². The second-order valence-corrected chi connectivity index (χ2v) is 7.94. The number of aryl methyl sites for hydroxylation is 2. The number of amides is 1. The highest BCUT2D eigenvalue weighted by Gasteiger charge is 2.23. The van der Waals surface area contributed by atoms with Crippen LogP contribution in [0.4, 0.5) is 0 Å². The first-order valence-electron chi connectivity index (χ1n) is 8.79. The summed E-state index contributed by atoms with van der Waals surface area (Å²) in [6.07, 6.45) is 1.88. The van der Waals surface area contributed by atoms with Gasteiger partial charge in [0.25, 0.3) is 5.91 Å². The molecule has 0 saturated carbocycles. The molecule has 3 rings (SSSR count). The van der Waals surface area contributed by atoms with Gasteiger partial charge in [0.05, 0.1) is 10.7 Å². The summed E-state index contributed by atoms with van der Waals surface area (Å²) in [7, 11) is 0. The van der Waals surface area contributed by atoms with Crippen LogP contribution >= 0.6 is 22.9 Å². The van der Waals surface area contributed by atoms with Crippen LogP contribution in [0.25, 0.3) is 0 Å². The van der Waals surface area contributed by atoms with E-state index in [-0.39, 0.29) is 5.91 Å². The zero-order valence-electron chi connectivity index (χ0n) is 14.8. The molecule has 1 saturated heterocycles. The highest BCUT2D eigenvalue weighted by atomic mass is 35.5. The molecule has 0 spiro atoms. The molecular weight excluding hydrogens is 354 g/mol. The number of benzene rings is 1. The van der Waals surface area contributed by atoms with Crippen LogP contribution in [0.2, 0.25) is 5.02 Å². The summed E-state index contributed by atoms with van der Waals surface area (Å²) in [4.78, 5) is 22.6. The van der Waals surface area contributed by atoms with Gasteiger partial charge in [-0.05, 0) is 37.5 Å². The molecule has 1 aromatic carbocycles. The minimum absolute atomic E-state index is 0.142. The van der Waals surface area contributed by atoms with Crippen molar-refractivity contribution in [3.05, 3.63) is 50.4 Å². The normalized spacial score (nSPS) is 16.0. The largest absolute Gasteiger partial charge is 0.337 e. The average molecular weight is 378 g/mol. The van der Waals surface area contributed by atoms with Crippen LogP contribution in [0.5, 0.6) is 0 Å². The first-order chi connectivity index (χ1) is 12.1. The third-order valence-electron chi connectivity index (χ3n) is 4.53. The monoisotopic (exact) mass is 377 g/mol. The SMILES string of the molecule is CCc1nc(C)c(C(=O)N2CCCN(Cc3ccc(Cl)cc3)CC2)s1. The quantitative estimate of drug-likeness (QED) is 0.807. The highest BCUT2D eigenvalue weighted by Crippen LogP contribution is 2.21. The number of aromatic nitrogens is 1. The maximum absolute atomic E-state index is 12.9. The molecule has 4 nitrogen and oxygen atoms in total. The Morgan fingerprint density at radius 1 is 1.20 bits per heavy atom. The van der Waals surface area contributed by atoms with E-state index in [4.69, 9.17) is 11.6 Å². The summed E-state index contributed by atoms with van der Waals surface area (Å²) in [5.41, 5.74) is 2.13. The van der Waals surface area contributed by atoms with Gasteiger partial charge < -0.3 is 4.90 Å². The third-order valence-corrected chi connectivity index (χ3v) is 6.07. The molecule has 1 aliphatic heterocycles. The molecule has 0 aliphatic carbocycles. The fraction of sp³-hybridized carbons (Fsp3) is 0.474. The summed E-state index contributed by atoms with van der Waals surface area (Å²) in [6, 6.07) is 8.01. The molecule has 0 N–H and O–H groups in total. The lowest BCUT2D eigenvalue weighted by molar-refractivity contribution is 0.0765. The number of carbonyl (C=O) groups is 1. The van der Waals surface area contributed by atoms with Gasteiger partial charge >= 0.3 is 0 Å². The van der Waals surface area contributed by atoms with E-state index in [1.807, 2.05) is 24.0 Å². The highest BCUT2D eigenvalue weighted by molar-refractivity contribution is 7.13. The van der Waals surface area contributed by atoms with Gasteiger partial charge in [0.1, 0.15) is 4.88 Å². The predicted molar refractivity (Wildman–Crippen MR) is 103 cm³/mol. The van der Waals surface area contributed by atoms with Crippen molar-refractivity contribution in [1.29, 1.82) is 0 Å². The molecule has 1 fully saturated rings. The molecule has 1 aromatic heterocycles. The lowest BCUT2D eigenvalue weighted by Gasteiger charge is -2.22. The van der Waals surface area contributed by atoms with Crippen LogP contribution in [0.3, 0.4) is 0 Å². The van der Waals surface area contributed by atoms with Gasteiger partial charge in [-0.25, -0.2) is 4.98 Å². The second-order valence-electron chi connectivity index (χ2n) is 6.42. The fourth-order valence-corrected chi connectivity index (χ4v) is 4.22. The van der Waals surface area contributed by atoms with Gasteiger partial charge in [0, 0.05) is 37.7 Å². The molecule has 134 valence electrons. The van der Waals surface area contributed by atoms with Crippen molar-refractivity contribution in [2.24, 2.45) is 0 Å². The fourth-order valence-electron chi connectivity index (χ4n) is 3.13. The lowest BCUT2D eigenvalue weighted by atomic mass is 10.2. The molecule has 0 atom stereocenters. The number of carbonyl (C=O) groups excluding carboxylic acids is 1. The minimum atomic E-state index is 0.142. The van der Waals surface area contributed by atoms with Gasteiger partial charge in [0.15, 0.2) is 0 Å². The second kappa shape index (κ2) is 8.30. The maximum atomic E-state index is 12.9.